The second-order valence-corrected chi connectivity index (χ2v) is 8.01. The van der Waals surface area contributed by atoms with Crippen LogP contribution in [0.15, 0.2) is 5.16 Å². The lowest BCUT2D eigenvalue weighted by molar-refractivity contribution is -0.120. The lowest BCUT2D eigenvalue weighted by atomic mass is 9.92. The molecule has 1 aromatic rings. The van der Waals surface area contributed by atoms with Gasteiger partial charge in [0.1, 0.15) is 5.54 Å². The normalized spacial score (nSPS) is 19.9. The van der Waals surface area contributed by atoms with Crippen molar-refractivity contribution in [3.63, 3.8) is 0 Å². The second-order valence-electron chi connectivity index (χ2n) is 7.07. The molecule has 2 aliphatic rings. The van der Waals surface area contributed by atoms with E-state index < -0.39 is 5.54 Å². The zero-order valence-electron chi connectivity index (χ0n) is 15.9. The Morgan fingerprint density at radius 2 is 1.96 bits per heavy atom. The van der Waals surface area contributed by atoms with Crippen LogP contribution < -0.4 is 10.2 Å². The van der Waals surface area contributed by atoms with E-state index in [9.17, 15) is 10.1 Å². The molecule has 1 N–H and O–H groups in total. The summed E-state index contributed by atoms with van der Waals surface area (Å²) in [6.07, 6.45) is 5.75. The fourth-order valence-electron chi connectivity index (χ4n) is 3.69. The van der Waals surface area contributed by atoms with E-state index in [1.54, 1.807) is 0 Å². The number of ether oxygens (including phenoxy) is 1. The summed E-state index contributed by atoms with van der Waals surface area (Å²) in [5, 5.41) is 22.0. The fraction of sp³-hybridized carbons (Fsp3) is 0.778. The summed E-state index contributed by atoms with van der Waals surface area (Å²) in [5.41, 5.74) is -0.703. The lowest BCUT2D eigenvalue weighted by Gasteiger charge is -2.27. The topological polar surface area (TPSA) is 96.1 Å². The summed E-state index contributed by atoms with van der Waals surface area (Å²) in [7, 11) is 0. The average molecular weight is 393 g/mol. The van der Waals surface area contributed by atoms with E-state index >= 15 is 0 Å². The molecule has 1 aliphatic heterocycles. The molecule has 1 amide bonds. The third-order valence-corrected chi connectivity index (χ3v) is 6.16. The Labute approximate surface area is 164 Å². The average Bonchev–Trinajstić information content (AvgIpc) is 2.98. The molecule has 3 rings (SSSR count). The zero-order chi connectivity index (χ0) is 19.1. The van der Waals surface area contributed by atoms with Gasteiger partial charge in [-0.25, -0.2) is 0 Å². The molecule has 2 fully saturated rings. The smallest absolute Gasteiger partial charge is 0.231 e. The number of hydrogen-bond donors (Lipinski definition) is 1. The minimum Gasteiger partial charge on any atom is -0.378 e. The van der Waals surface area contributed by atoms with Crippen LogP contribution in [0.1, 0.15) is 45.4 Å². The van der Waals surface area contributed by atoms with Crippen molar-refractivity contribution >= 4 is 23.6 Å². The number of thioether (sulfide) groups is 1. The Morgan fingerprint density at radius 1 is 1.26 bits per heavy atom. The van der Waals surface area contributed by atoms with Crippen molar-refractivity contribution in [2.75, 3.05) is 37.0 Å². The van der Waals surface area contributed by atoms with Gasteiger partial charge >= 0.3 is 0 Å². The monoisotopic (exact) mass is 392 g/mol. The highest BCUT2D eigenvalue weighted by Crippen LogP contribution is 2.27. The van der Waals surface area contributed by atoms with Gasteiger partial charge in [0.15, 0.2) is 5.16 Å². The third-order valence-electron chi connectivity index (χ3n) is 5.19. The maximum atomic E-state index is 12.5. The summed E-state index contributed by atoms with van der Waals surface area (Å²) in [6.45, 7) is 5.77. The van der Waals surface area contributed by atoms with Crippen LogP contribution in [0.5, 0.6) is 0 Å². The standard InChI is InChI=1S/C18H28N6O2S/c1-2-24-16(23-9-11-26-12-10-23)21-22-17(24)27-13-15(25)20-18(14-19)7-5-3-4-6-8-18/h2-13H2,1H3,(H,20,25). The van der Waals surface area contributed by atoms with Gasteiger partial charge in [-0.05, 0) is 19.8 Å². The second kappa shape index (κ2) is 9.42. The lowest BCUT2D eigenvalue weighted by Crippen LogP contribution is -2.47. The van der Waals surface area contributed by atoms with Crippen LogP contribution in [-0.2, 0) is 16.1 Å². The predicted molar refractivity (Wildman–Crippen MR) is 104 cm³/mol. The highest BCUT2D eigenvalue weighted by atomic mass is 32.2. The van der Waals surface area contributed by atoms with Crippen LogP contribution >= 0.6 is 11.8 Å². The van der Waals surface area contributed by atoms with E-state index in [1.807, 2.05) is 11.5 Å². The molecule has 148 valence electrons. The minimum absolute atomic E-state index is 0.109. The number of carbonyl (C=O) groups is 1. The minimum atomic E-state index is -0.703. The van der Waals surface area contributed by atoms with Crippen LogP contribution in [0.3, 0.4) is 0 Å². The van der Waals surface area contributed by atoms with Gasteiger partial charge in [-0.3, -0.25) is 9.36 Å². The number of morpholine rings is 1. The maximum absolute atomic E-state index is 12.5. The molecule has 0 spiro atoms. The molecule has 1 saturated carbocycles. The number of rotatable bonds is 6. The van der Waals surface area contributed by atoms with Crippen molar-refractivity contribution < 1.29 is 9.53 Å². The van der Waals surface area contributed by atoms with Crippen LogP contribution in [0.2, 0.25) is 0 Å². The molecule has 0 radical (unpaired) electrons. The Balaban J connectivity index is 1.60. The maximum Gasteiger partial charge on any atom is 0.231 e. The molecule has 27 heavy (non-hydrogen) atoms. The Hall–Kier alpha value is -1.79. The number of nitrogens with zero attached hydrogens (tertiary/aromatic N) is 5. The molecule has 1 saturated heterocycles. The fourth-order valence-corrected chi connectivity index (χ4v) is 4.49. The van der Waals surface area contributed by atoms with E-state index in [1.165, 1.54) is 11.8 Å². The zero-order valence-corrected chi connectivity index (χ0v) is 16.8. The number of amides is 1. The molecule has 1 aliphatic carbocycles. The number of aromatic nitrogens is 3. The number of carbonyl (C=O) groups excluding carboxylic acids is 1. The first-order valence-electron chi connectivity index (χ1n) is 9.78. The van der Waals surface area contributed by atoms with E-state index in [0.29, 0.717) is 13.2 Å². The van der Waals surface area contributed by atoms with E-state index in [-0.39, 0.29) is 11.7 Å². The van der Waals surface area contributed by atoms with Crippen molar-refractivity contribution in [3.8, 4) is 6.07 Å². The highest BCUT2D eigenvalue weighted by Gasteiger charge is 2.32. The first-order valence-corrected chi connectivity index (χ1v) is 10.8. The first-order chi connectivity index (χ1) is 13.2. The Morgan fingerprint density at radius 3 is 2.59 bits per heavy atom. The number of anilines is 1. The summed E-state index contributed by atoms with van der Waals surface area (Å²) in [6, 6.07) is 2.36. The first kappa shape index (κ1) is 20.0. The van der Waals surface area contributed by atoms with Crippen LogP contribution in [0, 0.1) is 11.3 Å². The molecule has 1 aromatic heterocycles. The van der Waals surface area contributed by atoms with Gasteiger partial charge in [0.05, 0.1) is 25.0 Å². The van der Waals surface area contributed by atoms with Crippen molar-refractivity contribution in [2.24, 2.45) is 0 Å². The molecular weight excluding hydrogens is 364 g/mol. The van der Waals surface area contributed by atoms with Gasteiger partial charge in [-0.1, -0.05) is 37.4 Å². The Kier molecular flexibility index (Phi) is 6.96. The SMILES string of the molecule is CCn1c(SCC(=O)NC2(C#N)CCCCCC2)nnc1N1CCOCC1. The van der Waals surface area contributed by atoms with Crippen LogP contribution in [0.25, 0.3) is 0 Å². The predicted octanol–water partition coefficient (Wildman–Crippen LogP) is 1.96. The summed E-state index contributed by atoms with van der Waals surface area (Å²) in [4.78, 5) is 14.7. The van der Waals surface area contributed by atoms with Crippen LogP contribution in [-0.4, -0.2) is 58.3 Å². The van der Waals surface area contributed by atoms with Crippen molar-refractivity contribution in [1.82, 2.24) is 20.1 Å². The summed E-state index contributed by atoms with van der Waals surface area (Å²) >= 11 is 1.38. The molecule has 0 unspecified atom stereocenters. The van der Waals surface area contributed by atoms with Gasteiger partial charge < -0.3 is 15.0 Å². The molecule has 0 aromatic carbocycles. The molecule has 8 nitrogen and oxygen atoms in total. The largest absolute Gasteiger partial charge is 0.378 e. The number of nitrogens with one attached hydrogen (secondary N) is 1. The van der Waals surface area contributed by atoms with Crippen molar-refractivity contribution in [1.29, 1.82) is 5.26 Å². The van der Waals surface area contributed by atoms with E-state index in [2.05, 4.69) is 26.5 Å². The van der Waals surface area contributed by atoms with Crippen LogP contribution in [0.4, 0.5) is 5.95 Å². The van der Waals surface area contributed by atoms with Gasteiger partial charge in [0.25, 0.3) is 0 Å². The molecule has 0 atom stereocenters. The molecule has 2 heterocycles. The number of hydrogen-bond acceptors (Lipinski definition) is 7. The highest BCUT2D eigenvalue weighted by molar-refractivity contribution is 7.99. The third kappa shape index (κ3) is 4.93. The quantitative estimate of drug-likeness (QED) is 0.584. The molecular formula is C18H28N6O2S. The summed E-state index contributed by atoms with van der Waals surface area (Å²) in [5.74, 6) is 0.966. The summed E-state index contributed by atoms with van der Waals surface area (Å²) < 4.78 is 7.43. The van der Waals surface area contributed by atoms with Gasteiger partial charge in [0.2, 0.25) is 11.9 Å². The van der Waals surface area contributed by atoms with Crippen molar-refractivity contribution in [2.45, 2.75) is 62.7 Å². The van der Waals surface area contributed by atoms with Gasteiger partial charge in [-0.2, -0.15) is 5.26 Å². The number of nitriles is 1. The van der Waals surface area contributed by atoms with E-state index in [0.717, 1.165) is 69.3 Å². The van der Waals surface area contributed by atoms with Gasteiger partial charge in [-0.15, -0.1) is 10.2 Å². The molecule has 0 bridgehead atoms. The molecule has 9 heteroatoms. The Bertz CT molecular complexity index is 672. The van der Waals surface area contributed by atoms with Gasteiger partial charge in [0, 0.05) is 19.6 Å². The van der Waals surface area contributed by atoms with Crippen molar-refractivity contribution in [3.05, 3.63) is 0 Å². The van der Waals surface area contributed by atoms with E-state index in [4.69, 9.17) is 4.74 Å².